The van der Waals surface area contributed by atoms with E-state index in [1.165, 1.54) is 32.4 Å². The van der Waals surface area contributed by atoms with E-state index >= 15 is 0 Å². The van der Waals surface area contributed by atoms with Crippen LogP contribution in [-0.4, -0.2) is 25.1 Å². The van der Waals surface area contributed by atoms with Crippen molar-refractivity contribution in [1.82, 2.24) is 0 Å². The maximum absolute atomic E-state index is 12.7. The summed E-state index contributed by atoms with van der Waals surface area (Å²) >= 11 is 0. The van der Waals surface area contributed by atoms with Gasteiger partial charge < -0.3 is 19.5 Å². The fourth-order valence-electron chi connectivity index (χ4n) is 3.15. The van der Waals surface area contributed by atoms with Gasteiger partial charge in [-0.25, -0.2) is 0 Å². The molecule has 0 radical (unpaired) electrons. The molecule has 0 heterocycles. The number of hydrogen-bond acceptors (Lipinski definition) is 7. The molecule has 3 aromatic carbocycles. The van der Waals surface area contributed by atoms with Gasteiger partial charge in [0.2, 0.25) is 0 Å². The Morgan fingerprint density at radius 3 is 2.34 bits per heavy atom. The van der Waals surface area contributed by atoms with E-state index in [-0.39, 0.29) is 22.7 Å². The Morgan fingerprint density at radius 2 is 1.71 bits per heavy atom. The number of ether oxygens (including phenoxy) is 3. The van der Waals surface area contributed by atoms with E-state index in [9.17, 15) is 20.2 Å². The van der Waals surface area contributed by atoms with Crippen LogP contribution in [0.5, 0.6) is 17.2 Å². The van der Waals surface area contributed by atoms with Crippen LogP contribution in [0.2, 0.25) is 0 Å². The van der Waals surface area contributed by atoms with Crippen LogP contribution in [0.4, 0.5) is 11.4 Å². The van der Waals surface area contributed by atoms with Gasteiger partial charge in [-0.3, -0.25) is 14.9 Å². The molecule has 9 heteroatoms. The largest absolute Gasteiger partial charge is 0.495 e. The predicted molar refractivity (Wildman–Crippen MR) is 130 cm³/mol. The van der Waals surface area contributed by atoms with Gasteiger partial charge in [-0.1, -0.05) is 35.9 Å². The van der Waals surface area contributed by atoms with Gasteiger partial charge in [-0.15, -0.1) is 0 Å². The maximum Gasteiger partial charge on any atom is 0.271 e. The third kappa shape index (κ3) is 6.36. The Bertz CT molecular complexity index is 1310. The predicted octanol–water partition coefficient (Wildman–Crippen LogP) is 5.05. The van der Waals surface area contributed by atoms with E-state index in [0.717, 1.165) is 17.2 Å². The van der Waals surface area contributed by atoms with Crippen LogP contribution in [0.25, 0.3) is 6.08 Å². The van der Waals surface area contributed by atoms with Gasteiger partial charge >= 0.3 is 0 Å². The summed E-state index contributed by atoms with van der Waals surface area (Å²) in [6, 6.07) is 18.6. The number of nitro groups is 1. The van der Waals surface area contributed by atoms with Gasteiger partial charge in [0, 0.05) is 12.1 Å². The standard InChI is InChI=1S/C26H23N3O6/c1-17-4-6-18(7-5-17)16-35-24-10-8-19(13-25(24)34-3)12-20(15-27)26(30)28-22-14-21(29(31)32)9-11-23(22)33-2/h4-14H,16H2,1-3H3,(H,28,30)/b20-12+. The number of nitro benzene ring substituents is 1. The quantitative estimate of drug-likeness (QED) is 0.200. The number of hydrogen-bond donors (Lipinski definition) is 1. The zero-order valence-electron chi connectivity index (χ0n) is 19.4. The molecule has 3 aromatic rings. The lowest BCUT2D eigenvalue weighted by Gasteiger charge is -2.12. The van der Waals surface area contributed by atoms with Crippen LogP contribution in [0, 0.1) is 28.4 Å². The van der Waals surface area contributed by atoms with Crippen molar-refractivity contribution >= 4 is 23.4 Å². The van der Waals surface area contributed by atoms with Crippen LogP contribution in [-0.2, 0) is 11.4 Å². The van der Waals surface area contributed by atoms with E-state index in [1.807, 2.05) is 37.3 Å². The molecule has 1 N–H and O–H groups in total. The Labute approximate surface area is 202 Å². The summed E-state index contributed by atoms with van der Waals surface area (Å²) in [6.07, 6.45) is 1.38. The fraction of sp³-hybridized carbons (Fsp3) is 0.154. The van der Waals surface area contributed by atoms with E-state index in [2.05, 4.69) is 5.32 Å². The van der Waals surface area contributed by atoms with Crippen molar-refractivity contribution in [3.05, 3.63) is 93.0 Å². The smallest absolute Gasteiger partial charge is 0.271 e. The molecule has 0 aromatic heterocycles. The van der Waals surface area contributed by atoms with Crippen LogP contribution < -0.4 is 19.5 Å². The first-order chi connectivity index (χ1) is 16.8. The molecule has 0 unspecified atom stereocenters. The zero-order valence-corrected chi connectivity index (χ0v) is 19.4. The number of amides is 1. The summed E-state index contributed by atoms with van der Waals surface area (Å²) in [5.74, 6) is 0.418. The topological polar surface area (TPSA) is 124 Å². The number of rotatable bonds is 9. The van der Waals surface area contributed by atoms with Crippen molar-refractivity contribution < 1.29 is 23.9 Å². The summed E-state index contributed by atoms with van der Waals surface area (Å²) in [5, 5.41) is 23.1. The lowest BCUT2D eigenvalue weighted by Crippen LogP contribution is -2.14. The maximum atomic E-state index is 12.7. The van der Waals surface area contributed by atoms with Crippen molar-refractivity contribution in [3.8, 4) is 23.3 Å². The first-order valence-electron chi connectivity index (χ1n) is 10.5. The summed E-state index contributed by atoms with van der Waals surface area (Å²) in [5.41, 5.74) is 2.32. The highest BCUT2D eigenvalue weighted by atomic mass is 16.6. The van der Waals surface area contributed by atoms with Crippen molar-refractivity contribution in [3.63, 3.8) is 0 Å². The molecule has 0 aliphatic heterocycles. The number of carbonyl (C=O) groups excluding carboxylic acids is 1. The van der Waals surface area contributed by atoms with Gasteiger partial charge in [0.1, 0.15) is 24.0 Å². The highest BCUT2D eigenvalue weighted by Gasteiger charge is 2.17. The molecule has 0 aliphatic rings. The molecule has 178 valence electrons. The molecule has 0 fully saturated rings. The SMILES string of the molecule is COc1ccc([N+](=O)[O-])cc1NC(=O)/C(C#N)=C/c1ccc(OCc2ccc(C)cc2)c(OC)c1. The Hall–Kier alpha value is -4.84. The second-order valence-electron chi connectivity index (χ2n) is 7.45. The first-order valence-corrected chi connectivity index (χ1v) is 10.5. The minimum Gasteiger partial charge on any atom is -0.495 e. The number of aryl methyl sites for hydroxylation is 1. The molecule has 1 amide bonds. The number of nitriles is 1. The van der Waals surface area contributed by atoms with E-state index in [4.69, 9.17) is 14.2 Å². The third-order valence-corrected chi connectivity index (χ3v) is 5.02. The van der Waals surface area contributed by atoms with E-state index in [1.54, 1.807) is 18.2 Å². The Kier molecular flexibility index (Phi) is 8.03. The highest BCUT2D eigenvalue weighted by Crippen LogP contribution is 2.31. The summed E-state index contributed by atoms with van der Waals surface area (Å²) in [7, 11) is 2.86. The molecule has 35 heavy (non-hydrogen) atoms. The third-order valence-electron chi connectivity index (χ3n) is 5.02. The summed E-state index contributed by atoms with van der Waals surface area (Å²) in [6.45, 7) is 2.36. The van der Waals surface area contributed by atoms with Crippen LogP contribution in [0.1, 0.15) is 16.7 Å². The second-order valence-corrected chi connectivity index (χ2v) is 7.45. The molecule has 3 rings (SSSR count). The fourth-order valence-corrected chi connectivity index (χ4v) is 3.15. The van der Waals surface area contributed by atoms with Gasteiger partial charge in [0.05, 0.1) is 24.8 Å². The zero-order chi connectivity index (χ0) is 25.4. The monoisotopic (exact) mass is 473 g/mol. The highest BCUT2D eigenvalue weighted by molar-refractivity contribution is 6.10. The van der Waals surface area contributed by atoms with Crippen LogP contribution in [0.15, 0.2) is 66.2 Å². The number of nitrogens with one attached hydrogen (secondary N) is 1. The number of carbonyl (C=O) groups is 1. The molecule has 0 saturated carbocycles. The van der Waals surface area contributed by atoms with E-state index < -0.39 is 10.8 Å². The van der Waals surface area contributed by atoms with Gasteiger partial charge in [-0.2, -0.15) is 5.26 Å². The lowest BCUT2D eigenvalue weighted by molar-refractivity contribution is -0.384. The second kappa shape index (κ2) is 11.3. The molecular formula is C26H23N3O6. The number of anilines is 1. The van der Waals surface area contributed by atoms with Crippen molar-refractivity contribution in [2.45, 2.75) is 13.5 Å². The average Bonchev–Trinajstić information content (AvgIpc) is 2.87. The first kappa shape index (κ1) is 24.8. The normalized spacial score (nSPS) is 10.7. The van der Waals surface area contributed by atoms with Crippen molar-refractivity contribution in [2.75, 3.05) is 19.5 Å². The lowest BCUT2D eigenvalue weighted by atomic mass is 10.1. The molecular weight excluding hydrogens is 450 g/mol. The van der Waals surface area contributed by atoms with Crippen LogP contribution in [0.3, 0.4) is 0 Å². The number of methoxy groups -OCH3 is 2. The average molecular weight is 473 g/mol. The van der Waals surface area contributed by atoms with Crippen molar-refractivity contribution in [1.29, 1.82) is 5.26 Å². The number of benzene rings is 3. The van der Waals surface area contributed by atoms with Gasteiger partial charge in [0.15, 0.2) is 11.5 Å². The van der Waals surface area contributed by atoms with Crippen LogP contribution >= 0.6 is 0 Å². The number of non-ortho nitro benzene ring substituents is 1. The molecule has 0 spiro atoms. The van der Waals surface area contributed by atoms with E-state index in [0.29, 0.717) is 23.7 Å². The Balaban J connectivity index is 1.79. The Morgan fingerprint density at radius 1 is 1.03 bits per heavy atom. The molecule has 0 atom stereocenters. The van der Waals surface area contributed by atoms with Gasteiger partial charge in [0.25, 0.3) is 11.6 Å². The minimum absolute atomic E-state index is 0.0743. The van der Waals surface area contributed by atoms with Gasteiger partial charge in [-0.05, 0) is 42.3 Å². The minimum atomic E-state index is -0.745. The molecule has 0 saturated heterocycles. The summed E-state index contributed by atoms with van der Waals surface area (Å²) in [4.78, 5) is 23.2. The number of nitrogens with zero attached hydrogens (tertiary/aromatic N) is 2. The summed E-state index contributed by atoms with van der Waals surface area (Å²) < 4.78 is 16.4. The molecule has 0 bridgehead atoms. The molecule has 9 nitrogen and oxygen atoms in total. The molecule has 0 aliphatic carbocycles. The van der Waals surface area contributed by atoms with Crippen molar-refractivity contribution in [2.24, 2.45) is 0 Å².